The third-order valence-corrected chi connectivity index (χ3v) is 6.96. The Balaban J connectivity index is 1.49. The summed E-state index contributed by atoms with van der Waals surface area (Å²) in [7, 11) is 0. The van der Waals surface area contributed by atoms with E-state index in [9.17, 15) is 0 Å². The molecule has 31 heavy (non-hydrogen) atoms. The molecule has 3 aliphatic rings. The van der Waals surface area contributed by atoms with E-state index in [-0.39, 0.29) is 0 Å². The number of H-pyrrole nitrogens is 1. The summed E-state index contributed by atoms with van der Waals surface area (Å²) in [5.41, 5.74) is 3.32. The summed E-state index contributed by atoms with van der Waals surface area (Å²) >= 11 is 0. The van der Waals surface area contributed by atoms with Gasteiger partial charge < -0.3 is 14.4 Å². The second-order valence-electron chi connectivity index (χ2n) is 9.06. The first-order valence-corrected chi connectivity index (χ1v) is 11.3. The first-order valence-electron chi connectivity index (χ1n) is 11.3. The lowest BCUT2D eigenvalue weighted by atomic mass is 10.0. The highest BCUT2D eigenvalue weighted by Gasteiger charge is 2.33. The molecule has 0 spiro atoms. The van der Waals surface area contributed by atoms with Gasteiger partial charge in [-0.25, -0.2) is 4.98 Å². The van der Waals surface area contributed by atoms with Gasteiger partial charge in [-0.3, -0.25) is 10.00 Å². The van der Waals surface area contributed by atoms with Gasteiger partial charge >= 0.3 is 0 Å². The summed E-state index contributed by atoms with van der Waals surface area (Å²) < 4.78 is 13.4. The maximum absolute atomic E-state index is 5.79. The van der Waals surface area contributed by atoms with Gasteiger partial charge in [-0.15, -0.1) is 0 Å². The van der Waals surface area contributed by atoms with Crippen LogP contribution in [0.2, 0.25) is 0 Å². The average molecular weight is 424 g/mol. The number of aromatic amines is 1. The summed E-state index contributed by atoms with van der Waals surface area (Å²) in [6.07, 6.45) is 2.66. The zero-order valence-electron chi connectivity index (χ0n) is 18.1. The van der Waals surface area contributed by atoms with Crippen LogP contribution in [0.15, 0.2) is 18.3 Å². The molecule has 0 amide bonds. The van der Waals surface area contributed by atoms with E-state index in [4.69, 9.17) is 19.6 Å². The number of morpholine rings is 1. The Kier molecular flexibility index (Phi) is 4.70. The number of anilines is 1. The normalized spacial score (nSPS) is 27.2. The Morgan fingerprint density at radius 1 is 1.13 bits per heavy atom. The molecule has 0 aromatic carbocycles. The standard InChI is InChI=1S/C22H29N7O2/c1-14-11-31-13-18(14)27-6-4-17-21-16(10-27)9-20(28-7-8-30-12-15(28)2)24-22(21)29(26-17)19-3-5-23-25-19/h3,5,9,14-15,18H,4,6-8,10-13H2,1-2H3,(H,23,25)/t14?,15-,18?/m1/s1. The van der Waals surface area contributed by atoms with Crippen molar-refractivity contribution >= 4 is 16.9 Å². The Morgan fingerprint density at radius 2 is 2.06 bits per heavy atom. The van der Waals surface area contributed by atoms with Crippen LogP contribution >= 0.6 is 0 Å². The van der Waals surface area contributed by atoms with Crippen LogP contribution in [-0.4, -0.2) is 81.5 Å². The van der Waals surface area contributed by atoms with E-state index in [1.807, 2.05) is 10.7 Å². The fourth-order valence-electron chi connectivity index (χ4n) is 5.25. The molecule has 0 radical (unpaired) electrons. The topological polar surface area (TPSA) is 84.3 Å². The predicted molar refractivity (Wildman–Crippen MR) is 117 cm³/mol. The van der Waals surface area contributed by atoms with Gasteiger partial charge in [-0.05, 0) is 24.5 Å². The van der Waals surface area contributed by atoms with Gasteiger partial charge in [-0.1, -0.05) is 6.92 Å². The van der Waals surface area contributed by atoms with Crippen LogP contribution in [0.5, 0.6) is 0 Å². The van der Waals surface area contributed by atoms with Crippen LogP contribution < -0.4 is 4.90 Å². The van der Waals surface area contributed by atoms with Crippen molar-refractivity contribution in [3.8, 4) is 5.82 Å². The molecule has 3 aliphatic heterocycles. The number of hydrogen-bond acceptors (Lipinski definition) is 7. The highest BCUT2D eigenvalue weighted by atomic mass is 16.5. The van der Waals surface area contributed by atoms with Crippen LogP contribution in [0, 0.1) is 5.92 Å². The van der Waals surface area contributed by atoms with Crippen molar-refractivity contribution < 1.29 is 9.47 Å². The van der Waals surface area contributed by atoms with E-state index in [0.717, 1.165) is 75.5 Å². The van der Waals surface area contributed by atoms with Crippen LogP contribution in [0.1, 0.15) is 25.1 Å². The molecule has 6 heterocycles. The van der Waals surface area contributed by atoms with Gasteiger partial charge in [0.25, 0.3) is 0 Å². The molecule has 9 heteroatoms. The molecule has 0 aliphatic carbocycles. The van der Waals surface area contributed by atoms with Crippen molar-refractivity contribution in [3.05, 3.63) is 29.6 Å². The molecule has 3 aromatic rings. The molecular weight excluding hydrogens is 394 g/mol. The smallest absolute Gasteiger partial charge is 0.167 e. The average Bonchev–Trinajstić information content (AvgIpc) is 3.49. The number of nitrogens with one attached hydrogen (secondary N) is 1. The molecule has 3 atom stereocenters. The lowest BCUT2D eigenvalue weighted by Crippen LogP contribution is -2.44. The van der Waals surface area contributed by atoms with Crippen LogP contribution in [0.3, 0.4) is 0 Å². The molecular formula is C22H29N7O2. The number of rotatable bonds is 3. The Bertz CT molecular complexity index is 1080. The Hall–Kier alpha value is -2.49. The van der Waals surface area contributed by atoms with Crippen molar-refractivity contribution in [3.63, 3.8) is 0 Å². The third-order valence-electron chi connectivity index (χ3n) is 6.96. The molecule has 2 saturated heterocycles. The second-order valence-corrected chi connectivity index (χ2v) is 9.06. The van der Waals surface area contributed by atoms with E-state index in [1.54, 1.807) is 6.20 Å². The maximum atomic E-state index is 5.79. The fraction of sp³-hybridized carbons (Fsp3) is 0.591. The number of ether oxygens (including phenoxy) is 2. The van der Waals surface area contributed by atoms with Crippen molar-refractivity contribution in [2.45, 2.75) is 38.9 Å². The molecule has 0 bridgehead atoms. The fourth-order valence-corrected chi connectivity index (χ4v) is 5.25. The van der Waals surface area contributed by atoms with E-state index in [2.05, 4.69) is 39.9 Å². The molecule has 6 rings (SSSR count). The van der Waals surface area contributed by atoms with Crippen molar-refractivity contribution in [1.29, 1.82) is 0 Å². The number of hydrogen-bond donors (Lipinski definition) is 1. The minimum Gasteiger partial charge on any atom is -0.379 e. The van der Waals surface area contributed by atoms with Gasteiger partial charge in [0.2, 0.25) is 0 Å². The third kappa shape index (κ3) is 3.22. The van der Waals surface area contributed by atoms with Gasteiger partial charge in [0.05, 0.1) is 44.4 Å². The lowest BCUT2D eigenvalue weighted by Gasteiger charge is -2.35. The van der Waals surface area contributed by atoms with E-state index >= 15 is 0 Å². The Labute approximate surface area is 181 Å². The number of nitrogens with zero attached hydrogens (tertiary/aromatic N) is 6. The minimum atomic E-state index is 0.291. The first kappa shape index (κ1) is 19.2. The summed E-state index contributed by atoms with van der Waals surface area (Å²) in [5, 5.41) is 13.4. The molecule has 164 valence electrons. The summed E-state index contributed by atoms with van der Waals surface area (Å²) in [6, 6.07) is 4.97. The largest absolute Gasteiger partial charge is 0.379 e. The highest BCUT2D eigenvalue weighted by Crippen LogP contribution is 2.33. The monoisotopic (exact) mass is 423 g/mol. The summed E-state index contributed by atoms with van der Waals surface area (Å²) in [5.74, 6) is 2.40. The zero-order valence-corrected chi connectivity index (χ0v) is 18.1. The molecule has 0 saturated carbocycles. The van der Waals surface area contributed by atoms with Crippen molar-refractivity contribution in [2.75, 3.05) is 44.4 Å². The molecule has 2 unspecified atom stereocenters. The molecule has 1 N–H and O–H groups in total. The molecule has 2 fully saturated rings. The van der Waals surface area contributed by atoms with Crippen molar-refractivity contribution in [1.82, 2.24) is 29.9 Å². The summed E-state index contributed by atoms with van der Waals surface area (Å²) in [6.45, 7) is 10.3. The van der Waals surface area contributed by atoms with Crippen LogP contribution in [0.25, 0.3) is 16.9 Å². The summed E-state index contributed by atoms with van der Waals surface area (Å²) in [4.78, 5) is 10.1. The van der Waals surface area contributed by atoms with E-state index in [0.29, 0.717) is 18.0 Å². The van der Waals surface area contributed by atoms with E-state index < -0.39 is 0 Å². The highest BCUT2D eigenvalue weighted by molar-refractivity contribution is 5.86. The maximum Gasteiger partial charge on any atom is 0.167 e. The van der Waals surface area contributed by atoms with E-state index in [1.165, 1.54) is 10.9 Å². The first-order chi connectivity index (χ1) is 15.2. The van der Waals surface area contributed by atoms with Crippen LogP contribution in [-0.2, 0) is 22.4 Å². The van der Waals surface area contributed by atoms with Crippen molar-refractivity contribution in [2.24, 2.45) is 5.92 Å². The number of pyridine rings is 1. The molecule has 3 aromatic heterocycles. The lowest BCUT2D eigenvalue weighted by molar-refractivity contribution is 0.0985. The Morgan fingerprint density at radius 3 is 2.84 bits per heavy atom. The quantitative estimate of drug-likeness (QED) is 0.687. The predicted octanol–water partition coefficient (Wildman–Crippen LogP) is 1.76. The zero-order chi connectivity index (χ0) is 20.9. The second kappa shape index (κ2) is 7.58. The van der Waals surface area contributed by atoms with Gasteiger partial charge in [0.15, 0.2) is 11.5 Å². The van der Waals surface area contributed by atoms with Crippen LogP contribution in [0.4, 0.5) is 5.82 Å². The van der Waals surface area contributed by atoms with Gasteiger partial charge in [-0.2, -0.15) is 14.9 Å². The van der Waals surface area contributed by atoms with Gasteiger partial charge in [0.1, 0.15) is 5.82 Å². The minimum absolute atomic E-state index is 0.291. The van der Waals surface area contributed by atoms with Gasteiger partial charge in [0, 0.05) is 43.5 Å². The SMILES string of the molecule is CC1COCC1N1CCc2nn(-c3ccn[nH]3)c3nc(N4CCOC[C@H]4C)cc(c23)C1. The molecule has 9 nitrogen and oxygen atoms in total. The number of aromatic nitrogens is 5.